The summed E-state index contributed by atoms with van der Waals surface area (Å²) in [5.41, 5.74) is 0.364. The maximum atomic E-state index is 10.6. The van der Waals surface area contributed by atoms with Crippen molar-refractivity contribution in [3.8, 4) is 5.75 Å². The van der Waals surface area contributed by atoms with Gasteiger partial charge in [-0.15, -0.1) is 0 Å². The molecule has 0 fully saturated rings. The predicted octanol–water partition coefficient (Wildman–Crippen LogP) is -7.99. The van der Waals surface area contributed by atoms with E-state index in [-0.39, 0.29) is 59.1 Å². The molecular weight excluding hydrogens is 272 g/mol. The maximum absolute atomic E-state index is 10.6. The van der Waals surface area contributed by atoms with Gasteiger partial charge < -0.3 is 29.4 Å². The largest absolute Gasteiger partial charge is 1.00 e. The molecule has 19 heavy (non-hydrogen) atoms. The molecule has 0 unspecified atom stereocenters. The first-order chi connectivity index (χ1) is 8.04. The van der Waals surface area contributed by atoms with Crippen molar-refractivity contribution in [2.75, 3.05) is 25.1 Å². The number of carboxylic acids is 2. The van der Waals surface area contributed by atoms with Crippen molar-refractivity contribution in [3.63, 3.8) is 0 Å². The summed E-state index contributed by atoms with van der Waals surface area (Å²) in [4.78, 5) is 22.2. The second-order valence-corrected chi connectivity index (χ2v) is 3.27. The zero-order valence-electron chi connectivity index (χ0n) is 11.2. The van der Waals surface area contributed by atoms with Gasteiger partial charge in [0, 0.05) is 0 Å². The fourth-order valence-electron chi connectivity index (χ4n) is 1.43. The van der Waals surface area contributed by atoms with Gasteiger partial charge in [-0.2, -0.15) is 0 Å². The summed E-state index contributed by atoms with van der Waals surface area (Å²) in [7, 11) is 1.41. The standard InChI is InChI=1S/C11H13NO5.2Na/c1-17-9-5-3-2-4-8(9)12(6-10(13)14)7-11(15)16;;/h2-5H,6-7H2,1H3,(H,13,14)(H,15,16);;/q;2*+1/p-2. The van der Waals surface area contributed by atoms with Gasteiger partial charge in [-0.25, -0.2) is 0 Å². The second kappa shape index (κ2) is 10.5. The van der Waals surface area contributed by atoms with Crippen LogP contribution in [0.1, 0.15) is 0 Å². The van der Waals surface area contributed by atoms with E-state index in [0.29, 0.717) is 11.4 Å². The maximum Gasteiger partial charge on any atom is 1.00 e. The Morgan fingerprint density at radius 1 is 1.11 bits per heavy atom. The van der Waals surface area contributed by atoms with Crippen molar-refractivity contribution in [2.24, 2.45) is 0 Å². The molecule has 1 aromatic carbocycles. The summed E-state index contributed by atoms with van der Waals surface area (Å²) in [5.74, 6) is -2.37. The van der Waals surface area contributed by atoms with Crippen LogP contribution >= 0.6 is 0 Å². The Balaban J connectivity index is 0. The third-order valence-electron chi connectivity index (χ3n) is 2.07. The minimum absolute atomic E-state index is 0. The van der Waals surface area contributed by atoms with Crippen LogP contribution in [0.25, 0.3) is 0 Å². The number of rotatable bonds is 6. The summed E-state index contributed by atoms with van der Waals surface area (Å²) in [6, 6.07) is 6.51. The van der Waals surface area contributed by atoms with Crippen LogP contribution in [-0.4, -0.2) is 32.1 Å². The van der Waals surface area contributed by atoms with E-state index in [1.54, 1.807) is 24.3 Å². The molecule has 0 heterocycles. The van der Waals surface area contributed by atoms with Crippen molar-refractivity contribution in [3.05, 3.63) is 24.3 Å². The van der Waals surface area contributed by atoms with Crippen LogP contribution < -0.4 is 79.0 Å². The smallest absolute Gasteiger partial charge is 0.548 e. The number of para-hydroxylation sites is 2. The molecule has 8 heteroatoms. The van der Waals surface area contributed by atoms with Crippen LogP contribution in [0, 0.1) is 0 Å². The Labute approximate surface area is 155 Å². The number of carboxylic acid groups (broad SMARTS) is 2. The number of anilines is 1. The number of hydrogen-bond donors (Lipinski definition) is 0. The van der Waals surface area contributed by atoms with Crippen LogP contribution in [-0.2, 0) is 9.59 Å². The number of carbonyl (C=O) groups is 2. The molecule has 1 rings (SSSR count). The Morgan fingerprint density at radius 2 is 1.58 bits per heavy atom. The molecule has 0 aliphatic carbocycles. The molecule has 1 aromatic rings. The summed E-state index contributed by atoms with van der Waals surface area (Å²) in [6.07, 6.45) is 0. The number of aliphatic carboxylic acids is 2. The molecule has 0 atom stereocenters. The normalized spacial score (nSPS) is 8.68. The van der Waals surface area contributed by atoms with Gasteiger partial charge >= 0.3 is 59.1 Å². The average molecular weight is 283 g/mol. The van der Waals surface area contributed by atoms with Crippen molar-refractivity contribution in [1.82, 2.24) is 0 Å². The SMILES string of the molecule is COc1ccccc1N(CC(=O)[O-])CC(=O)[O-].[Na+].[Na+]. The van der Waals surface area contributed by atoms with E-state index in [4.69, 9.17) is 4.74 Å². The van der Waals surface area contributed by atoms with E-state index in [1.807, 2.05) is 0 Å². The van der Waals surface area contributed by atoms with E-state index >= 15 is 0 Å². The molecule has 0 saturated carbocycles. The predicted molar refractivity (Wildman–Crippen MR) is 55.2 cm³/mol. The summed E-state index contributed by atoms with van der Waals surface area (Å²) < 4.78 is 5.02. The molecule has 0 spiro atoms. The molecule has 0 aliphatic rings. The monoisotopic (exact) mass is 283 g/mol. The zero-order valence-corrected chi connectivity index (χ0v) is 15.2. The van der Waals surface area contributed by atoms with E-state index in [2.05, 4.69) is 0 Å². The molecule has 6 nitrogen and oxygen atoms in total. The van der Waals surface area contributed by atoms with Crippen LogP contribution in [0.4, 0.5) is 5.69 Å². The number of benzene rings is 1. The van der Waals surface area contributed by atoms with Gasteiger partial charge in [0.2, 0.25) is 0 Å². The number of methoxy groups -OCH3 is 1. The summed E-state index contributed by atoms with van der Waals surface area (Å²) in [5, 5.41) is 21.1. The first-order valence-corrected chi connectivity index (χ1v) is 4.82. The van der Waals surface area contributed by atoms with Gasteiger partial charge in [-0.3, -0.25) is 0 Å². The van der Waals surface area contributed by atoms with Gasteiger partial charge in [0.1, 0.15) is 5.75 Å². The number of nitrogens with zero attached hydrogens (tertiary/aromatic N) is 1. The zero-order chi connectivity index (χ0) is 12.8. The van der Waals surface area contributed by atoms with Gasteiger partial charge in [0.15, 0.2) is 0 Å². The summed E-state index contributed by atoms with van der Waals surface area (Å²) in [6.45, 7) is -1.09. The van der Waals surface area contributed by atoms with Crippen LogP contribution in [0.3, 0.4) is 0 Å². The molecule has 92 valence electrons. The fourth-order valence-corrected chi connectivity index (χ4v) is 1.43. The van der Waals surface area contributed by atoms with E-state index in [1.165, 1.54) is 7.11 Å². The molecule has 0 aromatic heterocycles. The van der Waals surface area contributed by atoms with Gasteiger partial charge in [-0.1, -0.05) is 12.1 Å². The van der Waals surface area contributed by atoms with Crippen LogP contribution in [0.2, 0.25) is 0 Å². The van der Waals surface area contributed by atoms with Gasteiger partial charge in [0.25, 0.3) is 0 Å². The second-order valence-electron chi connectivity index (χ2n) is 3.27. The van der Waals surface area contributed by atoms with E-state index < -0.39 is 25.0 Å². The topological polar surface area (TPSA) is 92.7 Å². The van der Waals surface area contributed by atoms with E-state index in [9.17, 15) is 19.8 Å². The Kier molecular flexibility index (Phi) is 11.7. The number of carbonyl (C=O) groups excluding carboxylic acids is 2. The quantitative estimate of drug-likeness (QED) is 0.481. The van der Waals surface area contributed by atoms with Crippen molar-refractivity contribution < 1.29 is 83.7 Å². The molecule has 0 amide bonds. The van der Waals surface area contributed by atoms with Crippen molar-refractivity contribution in [1.29, 1.82) is 0 Å². The Morgan fingerprint density at radius 3 is 2.00 bits per heavy atom. The minimum Gasteiger partial charge on any atom is -0.548 e. The van der Waals surface area contributed by atoms with Gasteiger partial charge in [-0.05, 0) is 12.1 Å². The third-order valence-corrected chi connectivity index (χ3v) is 2.07. The van der Waals surface area contributed by atoms with Gasteiger partial charge in [0.05, 0.1) is 37.8 Å². The summed E-state index contributed by atoms with van der Waals surface area (Å²) >= 11 is 0. The first kappa shape index (κ1) is 21.1. The third kappa shape index (κ3) is 7.20. The molecule has 0 bridgehead atoms. The minimum atomic E-state index is -1.38. The fraction of sp³-hybridized carbons (Fsp3) is 0.273. The Bertz CT molecular complexity index is 411. The molecule has 0 radical (unpaired) electrons. The van der Waals surface area contributed by atoms with Crippen molar-refractivity contribution in [2.45, 2.75) is 0 Å². The van der Waals surface area contributed by atoms with Crippen LogP contribution in [0.5, 0.6) is 5.75 Å². The molecule has 0 aliphatic heterocycles. The average Bonchev–Trinajstić information content (AvgIpc) is 2.27. The number of ether oxygens (including phenoxy) is 1. The molecule has 0 saturated heterocycles. The molecular formula is C11H11NNa2O5. The Hall–Kier alpha value is -0.240. The van der Waals surface area contributed by atoms with Crippen LogP contribution in [0.15, 0.2) is 24.3 Å². The van der Waals surface area contributed by atoms with Crippen molar-refractivity contribution >= 4 is 17.6 Å². The first-order valence-electron chi connectivity index (χ1n) is 4.82. The molecule has 0 N–H and O–H groups in total. The van der Waals surface area contributed by atoms with E-state index in [0.717, 1.165) is 4.90 Å². The number of hydrogen-bond acceptors (Lipinski definition) is 6.